The fourth-order valence-corrected chi connectivity index (χ4v) is 2.31. The van der Waals surface area contributed by atoms with Crippen molar-refractivity contribution in [1.29, 1.82) is 0 Å². The van der Waals surface area contributed by atoms with Gasteiger partial charge in [-0.3, -0.25) is 0 Å². The molecule has 0 saturated carbocycles. The van der Waals surface area contributed by atoms with Crippen molar-refractivity contribution in [2.45, 2.75) is 13.5 Å². The molecule has 0 aromatic heterocycles. The third-order valence-electron chi connectivity index (χ3n) is 3.45. The Bertz CT molecular complexity index is 539. The highest BCUT2D eigenvalue weighted by Crippen LogP contribution is 2.26. The number of nitrogens with zero attached hydrogens (tertiary/aromatic N) is 1. The molecule has 2 aromatic carbocycles. The Morgan fingerprint density at radius 3 is 2.00 bits per heavy atom. The molecule has 1 atom stereocenters. The summed E-state index contributed by atoms with van der Waals surface area (Å²) in [6.45, 7) is 2.87. The molecule has 0 heterocycles. The minimum absolute atomic E-state index is 0.0785. The zero-order valence-corrected chi connectivity index (χ0v) is 11.0. The standard InChI is InChI=1S/C16H17NO2/c1-2-17(16(18)19,15-11-7-4-8-12-15)13-14-9-5-3-6-10-14/h3-12H,2,13H2,1H3/p+1. The Balaban J connectivity index is 2.44. The van der Waals surface area contributed by atoms with Gasteiger partial charge in [0, 0.05) is 5.56 Å². The summed E-state index contributed by atoms with van der Waals surface area (Å²) in [6.07, 6.45) is -0.822. The summed E-state index contributed by atoms with van der Waals surface area (Å²) < 4.78 is -0.0785. The van der Waals surface area contributed by atoms with Crippen LogP contribution in [0.15, 0.2) is 60.7 Å². The molecule has 1 unspecified atom stereocenters. The van der Waals surface area contributed by atoms with Crippen LogP contribution in [0.5, 0.6) is 0 Å². The Morgan fingerprint density at radius 1 is 1.00 bits per heavy atom. The van der Waals surface area contributed by atoms with E-state index < -0.39 is 6.09 Å². The van der Waals surface area contributed by atoms with E-state index in [4.69, 9.17) is 0 Å². The van der Waals surface area contributed by atoms with Crippen LogP contribution in [0.2, 0.25) is 0 Å². The summed E-state index contributed by atoms with van der Waals surface area (Å²) in [6, 6.07) is 19.2. The van der Waals surface area contributed by atoms with Crippen LogP contribution in [0, 0.1) is 0 Å². The number of benzene rings is 2. The van der Waals surface area contributed by atoms with Gasteiger partial charge in [-0.15, -0.1) is 0 Å². The highest BCUT2D eigenvalue weighted by atomic mass is 16.4. The molecule has 0 radical (unpaired) electrons. The summed E-state index contributed by atoms with van der Waals surface area (Å²) in [5.41, 5.74) is 1.83. The molecule has 98 valence electrons. The Labute approximate surface area is 113 Å². The molecule has 0 aliphatic heterocycles. The van der Waals surface area contributed by atoms with Gasteiger partial charge in [0.1, 0.15) is 12.2 Å². The molecular weight excluding hydrogens is 238 g/mol. The lowest BCUT2D eigenvalue weighted by Gasteiger charge is -2.31. The summed E-state index contributed by atoms with van der Waals surface area (Å²) >= 11 is 0. The Hall–Kier alpha value is -2.13. The van der Waals surface area contributed by atoms with E-state index in [1.54, 1.807) is 0 Å². The van der Waals surface area contributed by atoms with Gasteiger partial charge in [-0.25, -0.2) is 0 Å². The second-order valence-electron chi connectivity index (χ2n) is 4.55. The monoisotopic (exact) mass is 256 g/mol. The highest BCUT2D eigenvalue weighted by Gasteiger charge is 2.37. The molecule has 0 bridgehead atoms. The van der Waals surface area contributed by atoms with Crippen molar-refractivity contribution in [2.24, 2.45) is 0 Å². The van der Waals surface area contributed by atoms with Crippen molar-refractivity contribution in [2.75, 3.05) is 6.54 Å². The smallest absolute Gasteiger partial charge is 0.435 e. The lowest BCUT2D eigenvalue weighted by atomic mass is 10.1. The second kappa shape index (κ2) is 5.67. The number of para-hydroxylation sites is 1. The van der Waals surface area contributed by atoms with Gasteiger partial charge in [0.15, 0.2) is 0 Å². The third-order valence-corrected chi connectivity index (χ3v) is 3.45. The molecule has 0 fully saturated rings. The van der Waals surface area contributed by atoms with E-state index >= 15 is 0 Å². The summed E-state index contributed by atoms with van der Waals surface area (Å²) in [7, 11) is 0. The molecule has 19 heavy (non-hydrogen) atoms. The van der Waals surface area contributed by atoms with Gasteiger partial charge in [-0.05, 0) is 19.1 Å². The summed E-state index contributed by atoms with van der Waals surface area (Å²) in [5.74, 6) is 0. The Morgan fingerprint density at radius 2 is 1.53 bits per heavy atom. The predicted octanol–water partition coefficient (Wildman–Crippen LogP) is 3.89. The van der Waals surface area contributed by atoms with E-state index in [2.05, 4.69) is 0 Å². The molecule has 0 aliphatic rings. The fourth-order valence-electron chi connectivity index (χ4n) is 2.31. The highest BCUT2D eigenvalue weighted by molar-refractivity contribution is 5.80. The van der Waals surface area contributed by atoms with Gasteiger partial charge >= 0.3 is 6.09 Å². The van der Waals surface area contributed by atoms with Crippen LogP contribution < -0.4 is 4.48 Å². The number of amides is 1. The van der Waals surface area contributed by atoms with E-state index in [9.17, 15) is 9.90 Å². The summed E-state index contributed by atoms with van der Waals surface area (Å²) in [4.78, 5) is 11.8. The van der Waals surface area contributed by atoms with Crippen molar-refractivity contribution < 1.29 is 9.90 Å². The summed E-state index contributed by atoms with van der Waals surface area (Å²) in [5, 5.41) is 9.71. The van der Waals surface area contributed by atoms with E-state index in [0.717, 1.165) is 11.3 Å². The zero-order chi connectivity index (χ0) is 13.7. The first kappa shape index (κ1) is 13.3. The van der Waals surface area contributed by atoms with Crippen molar-refractivity contribution >= 4 is 11.8 Å². The SMILES string of the molecule is CC[N+](Cc1ccccc1)(C(=O)O)c1ccccc1. The van der Waals surface area contributed by atoms with Crippen molar-refractivity contribution in [3.05, 3.63) is 66.2 Å². The van der Waals surface area contributed by atoms with Gasteiger partial charge in [-0.1, -0.05) is 48.5 Å². The largest absolute Gasteiger partial charge is 0.519 e. The van der Waals surface area contributed by atoms with Crippen molar-refractivity contribution in [3.63, 3.8) is 0 Å². The molecule has 1 N–H and O–H groups in total. The number of rotatable bonds is 4. The molecule has 0 aliphatic carbocycles. The number of hydrogen-bond donors (Lipinski definition) is 1. The van der Waals surface area contributed by atoms with Crippen LogP contribution in [-0.2, 0) is 6.54 Å². The van der Waals surface area contributed by atoms with Crippen molar-refractivity contribution in [1.82, 2.24) is 4.48 Å². The average molecular weight is 256 g/mol. The van der Waals surface area contributed by atoms with E-state index in [1.165, 1.54) is 0 Å². The van der Waals surface area contributed by atoms with Gasteiger partial charge in [0.25, 0.3) is 0 Å². The quantitative estimate of drug-likeness (QED) is 0.842. The molecule has 3 nitrogen and oxygen atoms in total. The topological polar surface area (TPSA) is 37.3 Å². The van der Waals surface area contributed by atoms with Crippen LogP contribution in [0.25, 0.3) is 0 Å². The zero-order valence-electron chi connectivity index (χ0n) is 11.0. The van der Waals surface area contributed by atoms with Gasteiger partial charge in [0.05, 0.1) is 6.54 Å². The average Bonchev–Trinajstić information content (AvgIpc) is 2.46. The Kier molecular flexibility index (Phi) is 3.97. The van der Waals surface area contributed by atoms with E-state index in [-0.39, 0.29) is 4.48 Å². The first-order valence-electron chi connectivity index (χ1n) is 6.39. The molecule has 0 saturated heterocycles. The van der Waals surface area contributed by atoms with Gasteiger partial charge < -0.3 is 5.11 Å². The van der Waals surface area contributed by atoms with E-state index in [0.29, 0.717) is 13.1 Å². The van der Waals surface area contributed by atoms with Crippen LogP contribution in [0.3, 0.4) is 0 Å². The van der Waals surface area contributed by atoms with Crippen LogP contribution in [-0.4, -0.2) is 17.7 Å². The first-order valence-corrected chi connectivity index (χ1v) is 6.39. The lowest BCUT2D eigenvalue weighted by molar-refractivity contribution is 0.146. The maximum atomic E-state index is 11.8. The predicted molar refractivity (Wildman–Crippen MR) is 76.9 cm³/mol. The molecular formula is C16H18NO2+. The second-order valence-corrected chi connectivity index (χ2v) is 4.55. The maximum Gasteiger partial charge on any atom is 0.519 e. The molecule has 0 spiro atoms. The lowest BCUT2D eigenvalue weighted by Crippen LogP contribution is -2.52. The van der Waals surface area contributed by atoms with Crippen LogP contribution >= 0.6 is 0 Å². The maximum absolute atomic E-state index is 11.8. The normalized spacial score (nSPS) is 13.7. The van der Waals surface area contributed by atoms with Crippen LogP contribution in [0.4, 0.5) is 10.5 Å². The van der Waals surface area contributed by atoms with Crippen LogP contribution in [0.1, 0.15) is 12.5 Å². The molecule has 2 aromatic rings. The number of carboxylic acid groups (broad SMARTS) is 1. The number of quaternary nitrogens is 1. The number of carbonyl (C=O) groups is 1. The molecule has 1 amide bonds. The van der Waals surface area contributed by atoms with Gasteiger partial charge in [0.2, 0.25) is 0 Å². The number of hydrogen-bond acceptors (Lipinski definition) is 1. The van der Waals surface area contributed by atoms with Gasteiger partial charge in [-0.2, -0.15) is 9.28 Å². The minimum Gasteiger partial charge on any atom is -0.435 e. The fraction of sp³-hybridized carbons (Fsp3) is 0.188. The van der Waals surface area contributed by atoms with E-state index in [1.807, 2.05) is 67.6 Å². The first-order chi connectivity index (χ1) is 9.19. The van der Waals surface area contributed by atoms with Crippen molar-refractivity contribution in [3.8, 4) is 0 Å². The minimum atomic E-state index is -0.822. The third kappa shape index (κ3) is 2.66. The molecule has 3 heteroatoms. The molecule has 2 rings (SSSR count).